The molecule has 1 aliphatic rings. The van der Waals surface area contributed by atoms with Crippen LogP contribution in [0.3, 0.4) is 0 Å². The van der Waals surface area contributed by atoms with Crippen LogP contribution in [0.25, 0.3) is 6.08 Å². The molecule has 0 N–H and O–H groups in total. The summed E-state index contributed by atoms with van der Waals surface area (Å²) in [4.78, 5) is 16.6. The molecule has 0 aromatic heterocycles. The lowest BCUT2D eigenvalue weighted by Gasteiger charge is -2.17. The molecule has 3 aromatic carbocycles. The number of carbonyl (C=O) groups is 1. The number of ether oxygens (including phenoxy) is 3. The normalized spacial score (nSPS) is 15.4. The minimum absolute atomic E-state index is 0.146. The van der Waals surface area contributed by atoms with Crippen molar-refractivity contribution in [3.63, 3.8) is 0 Å². The lowest BCUT2D eigenvalue weighted by molar-refractivity contribution is -0.129. The van der Waals surface area contributed by atoms with Gasteiger partial charge in [0.15, 0.2) is 17.2 Å². The maximum absolute atomic E-state index is 12.3. The Balaban J connectivity index is 1.58. The van der Waals surface area contributed by atoms with Gasteiger partial charge in [-0.2, -0.15) is 0 Å². The smallest absolute Gasteiger partial charge is 0.363 e. The minimum atomic E-state index is -0.535. The van der Waals surface area contributed by atoms with E-state index >= 15 is 0 Å². The van der Waals surface area contributed by atoms with Crippen LogP contribution in [-0.2, 0) is 9.53 Å². The molecule has 0 unspecified atom stereocenters. The third-order valence-corrected chi connectivity index (χ3v) is 5.12. The molecule has 0 aliphatic carbocycles. The van der Waals surface area contributed by atoms with Gasteiger partial charge in [0.25, 0.3) is 0 Å². The van der Waals surface area contributed by atoms with Crippen molar-refractivity contribution in [3.8, 4) is 11.5 Å². The summed E-state index contributed by atoms with van der Waals surface area (Å²) in [5.41, 5.74) is 2.54. The fourth-order valence-electron chi connectivity index (χ4n) is 3.17. The van der Waals surface area contributed by atoms with Crippen molar-refractivity contribution in [1.82, 2.24) is 0 Å². The van der Waals surface area contributed by atoms with Gasteiger partial charge in [-0.25, -0.2) is 9.79 Å². The number of hydrogen-bond acceptors (Lipinski definition) is 5. The van der Waals surface area contributed by atoms with E-state index in [1.54, 1.807) is 43.5 Å². The minimum Gasteiger partial charge on any atom is -0.493 e. The molecule has 3 aromatic rings. The molecule has 4 rings (SSSR count). The zero-order valence-electron chi connectivity index (χ0n) is 17.0. The van der Waals surface area contributed by atoms with Crippen LogP contribution in [0.5, 0.6) is 11.5 Å². The van der Waals surface area contributed by atoms with Crippen molar-refractivity contribution in [2.45, 2.75) is 13.0 Å². The topological polar surface area (TPSA) is 57.1 Å². The highest BCUT2D eigenvalue weighted by Crippen LogP contribution is 2.33. The van der Waals surface area contributed by atoms with E-state index in [0.29, 0.717) is 22.1 Å². The van der Waals surface area contributed by atoms with E-state index in [0.717, 1.165) is 11.1 Å². The Bertz CT molecular complexity index is 1170. The first-order valence-corrected chi connectivity index (χ1v) is 10.1. The molecule has 0 fully saturated rings. The maximum Gasteiger partial charge on any atom is 0.363 e. The number of methoxy groups -OCH3 is 1. The second-order valence-electron chi connectivity index (χ2n) is 6.90. The van der Waals surface area contributed by atoms with E-state index in [4.69, 9.17) is 25.8 Å². The van der Waals surface area contributed by atoms with Crippen LogP contribution < -0.4 is 9.47 Å². The molecule has 6 heteroatoms. The number of cyclic esters (lactones) is 1. The molecule has 0 saturated heterocycles. The van der Waals surface area contributed by atoms with Gasteiger partial charge in [-0.05, 0) is 48.4 Å². The second kappa shape index (κ2) is 9.06. The van der Waals surface area contributed by atoms with E-state index in [9.17, 15) is 4.79 Å². The zero-order valence-corrected chi connectivity index (χ0v) is 17.8. The summed E-state index contributed by atoms with van der Waals surface area (Å²) in [6.07, 6.45) is 1.49. The van der Waals surface area contributed by atoms with E-state index in [1.807, 2.05) is 49.4 Å². The molecule has 0 radical (unpaired) electrons. The van der Waals surface area contributed by atoms with Crippen LogP contribution in [0, 0.1) is 0 Å². The number of esters is 1. The Morgan fingerprint density at radius 3 is 2.48 bits per heavy atom. The number of hydrogen-bond donors (Lipinski definition) is 0. The van der Waals surface area contributed by atoms with Crippen molar-refractivity contribution in [2.75, 3.05) is 7.11 Å². The van der Waals surface area contributed by atoms with Crippen LogP contribution in [0.1, 0.15) is 29.7 Å². The quantitative estimate of drug-likeness (QED) is 0.362. The van der Waals surface area contributed by atoms with Crippen molar-refractivity contribution >= 4 is 29.5 Å². The molecule has 1 aliphatic heterocycles. The predicted molar refractivity (Wildman–Crippen MR) is 121 cm³/mol. The SMILES string of the molecule is COc1cc(/C=C2/N=C(c3ccccc3Cl)OC2=O)ccc1O[C@@H](C)c1ccccc1. The fourth-order valence-corrected chi connectivity index (χ4v) is 3.39. The lowest BCUT2D eigenvalue weighted by Crippen LogP contribution is -2.05. The van der Waals surface area contributed by atoms with E-state index in [1.165, 1.54) is 0 Å². The predicted octanol–water partition coefficient (Wildman–Crippen LogP) is 5.83. The highest BCUT2D eigenvalue weighted by atomic mass is 35.5. The Morgan fingerprint density at radius 1 is 1.00 bits per heavy atom. The number of benzene rings is 3. The van der Waals surface area contributed by atoms with E-state index in [-0.39, 0.29) is 17.7 Å². The lowest BCUT2D eigenvalue weighted by atomic mass is 10.1. The van der Waals surface area contributed by atoms with E-state index < -0.39 is 5.97 Å². The van der Waals surface area contributed by atoms with Gasteiger partial charge in [0, 0.05) is 0 Å². The third-order valence-electron chi connectivity index (χ3n) is 4.79. The average molecular weight is 434 g/mol. The largest absolute Gasteiger partial charge is 0.493 e. The van der Waals surface area contributed by atoms with Crippen LogP contribution in [0.2, 0.25) is 5.02 Å². The van der Waals surface area contributed by atoms with Gasteiger partial charge in [0.05, 0.1) is 17.7 Å². The standard InChI is InChI=1S/C25H20ClNO4/c1-16(18-8-4-3-5-9-18)30-22-13-12-17(15-23(22)29-2)14-21-25(28)31-24(27-21)19-10-6-7-11-20(19)26/h3-16H,1-2H3/b21-14+/t16-/m0/s1. The summed E-state index contributed by atoms with van der Waals surface area (Å²) in [6.45, 7) is 1.98. The summed E-state index contributed by atoms with van der Waals surface area (Å²) < 4.78 is 16.9. The Kier molecular flexibility index (Phi) is 6.05. The van der Waals surface area contributed by atoms with Gasteiger partial charge in [0.2, 0.25) is 5.90 Å². The highest BCUT2D eigenvalue weighted by molar-refractivity contribution is 6.34. The first-order valence-electron chi connectivity index (χ1n) is 9.72. The van der Waals surface area contributed by atoms with Crippen LogP contribution in [-0.4, -0.2) is 19.0 Å². The van der Waals surface area contributed by atoms with Crippen molar-refractivity contribution < 1.29 is 19.0 Å². The van der Waals surface area contributed by atoms with E-state index in [2.05, 4.69) is 4.99 Å². The zero-order chi connectivity index (χ0) is 21.8. The van der Waals surface area contributed by atoms with Crippen molar-refractivity contribution in [1.29, 1.82) is 0 Å². The third kappa shape index (κ3) is 4.62. The molecule has 1 atom stereocenters. The number of halogens is 1. The van der Waals surface area contributed by atoms with Crippen LogP contribution >= 0.6 is 11.6 Å². The molecule has 0 bridgehead atoms. The average Bonchev–Trinajstić information content (AvgIpc) is 3.15. The molecule has 156 valence electrons. The summed E-state index contributed by atoms with van der Waals surface area (Å²) in [7, 11) is 1.57. The molecule has 0 spiro atoms. The van der Waals surface area contributed by atoms with Crippen molar-refractivity contribution in [3.05, 3.63) is 100 Å². The summed E-state index contributed by atoms with van der Waals surface area (Å²) in [5, 5.41) is 0.464. The molecule has 0 amide bonds. The monoisotopic (exact) mass is 433 g/mol. The summed E-state index contributed by atoms with van der Waals surface area (Å²) in [6, 6.07) is 22.4. The Morgan fingerprint density at radius 2 is 1.74 bits per heavy atom. The van der Waals surface area contributed by atoms with Crippen LogP contribution in [0.4, 0.5) is 0 Å². The fraction of sp³-hybridized carbons (Fsp3) is 0.120. The first-order chi connectivity index (χ1) is 15.0. The van der Waals surface area contributed by atoms with Gasteiger partial charge < -0.3 is 14.2 Å². The first kappa shape index (κ1) is 20.7. The van der Waals surface area contributed by atoms with Gasteiger partial charge in [-0.1, -0.05) is 60.1 Å². The molecule has 1 heterocycles. The van der Waals surface area contributed by atoms with Gasteiger partial charge >= 0.3 is 5.97 Å². The molecule has 5 nitrogen and oxygen atoms in total. The van der Waals surface area contributed by atoms with Crippen molar-refractivity contribution in [2.24, 2.45) is 4.99 Å². The van der Waals surface area contributed by atoms with Gasteiger partial charge in [-0.15, -0.1) is 0 Å². The number of rotatable bonds is 6. The molecule has 0 saturated carbocycles. The Hall–Kier alpha value is -3.57. The number of aliphatic imine (C=N–C) groups is 1. The summed E-state index contributed by atoms with van der Waals surface area (Å²) in [5.74, 6) is 0.812. The van der Waals surface area contributed by atoms with Gasteiger partial charge in [0.1, 0.15) is 6.10 Å². The number of nitrogens with zero attached hydrogens (tertiary/aromatic N) is 1. The second-order valence-corrected chi connectivity index (χ2v) is 7.30. The molecular weight excluding hydrogens is 414 g/mol. The number of carbonyl (C=O) groups excluding carboxylic acids is 1. The van der Waals surface area contributed by atoms with Crippen LogP contribution in [0.15, 0.2) is 83.5 Å². The highest BCUT2D eigenvalue weighted by Gasteiger charge is 2.25. The Labute approximate surface area is 185 Å². The van der Waals surface area contributed by atoms with Gasteiger partial charge in [-0.3, -0.25) is 0 Å². The molecular formula is C25H20ClNO4. The maximum atomic E-state index is 12.3. The summed E-state index contributed by atoms with van der Waals surface area (Å²) >= 11 is 6.18. The molecule has 31 heavy (non-hydrogen) atoms.